The SMILES string of the molecule is Cc1nc(NC(=O)c2cc(=O)c(OCc3ccccc3)co2)sc1C. The van der Waals surface area contributed by atoms with E-state index < -0.39 is 11.3 Å². The van der Waals surface area contributed by atoms with Gasteiger partial charge in [-0.25, -0.2) is 4.98 Å². The third-order valence-corrected chi connectivity index (χ3v) is 4.50. The minimum Gasteiger partial charge on any atom is -0.482 e. The number of carbonyl (C=O) groups excluding carboxylic acids is 1. The fourth-order valence-corrected chi connectivity index (χ4v) is 2.85. The molecule has 0 spiro atoms. The van der Waals surface area contributed by atoms with E-state index in [9.17, 15) is 9.59 Å². The van der Waals surface area contributed by atoms with Crippen LogP contribution in [0.15, 0.2) is 51.9 Å². The molecule has 0 saturated carbocycles. The fraction of sp³-hybridized carbons (Fsp3) is 0.167. The summed E-state index contributed by atoms with van der Waals surface area (Å²) in [5, 5.41) is 3.08. The van der Waals surface area contributed by atoms with Crippen molar-refractivity contribution in [3.8, 4) is 5.75 Å². The number of hydrogen-bond donors (Lipinski definition) is 1. The molecule has 7 heteroatoms. The van der Waals surface area contributed by atoms with Crippen LogP contribution in [0.4, 0.5) is 5.13 Å². The molecule has 0 bridgehead atoms. The van der Waals surface area contributed by atoms with Crippen LogP contribution < -0.4 is 15.5 Å². The standard InChI is InChI=1S/C18H16N2O4S/c1-11-12(2)25-18(19-11)20-17(22)15-8-14(21)16(10-24-15)23-9-13-6-4-3-5-7-13/h3-8,10H,9H2,1-2H3,(H,19,20,22). The summed E-state index contributed by atoms with van der Waals surface area (Å²) in [5.74, 6) is -0.565. The molecular formula is C18H16N2O4S. The van der Waals surface area contributed by atoms with Gasteiger partial charge in [0.05, 0.1) is 5.69 Å². The topological polar surface area (TPSA) is 81.4 Å². The van der Waals surface area contributed by atoms with Crippen molar-refractivity contribution >= 4 is 22.4 Å². The summed E-state index contributed by atoms with van der Waals surface area (Å²) in [5.41, 5.74) is 1.36. The first-order chi connectivity index (χ1) is 12.0. The molecule has 6 nitrogen and oxygen atoms in total. The Hall–Kier alpha value is -2.93. The Labute approximate surface area is 148 Å². The molecule has 3 aromatic rings. The number of amides is 1. The number of hydrogen-bond acceptors (Lipinski definition) is 6. The van der Waals surface area contributed by atoms with E-state index in [2.05, 4.69) is 10.3 Å². The minimum absolute atomic E-state index is 0.0568. The third-order valence-electron chi connectivity index (χ3n) is 3.51. The Morgan fingerprint density at radius 3 is 2.68 bits per heavy atom. The second kappa shape index (κ2) is 7.31. The van der Waals surface area contributed by atoms with E-state index in [0.29, 0.717) is 5.13 Å². The lowest BCUT2D eigenvalue weighted by molar-refractivity contribution is 0.0993. The van der Waals surface area contributed by atoms with E-state index in [0.717, 1.165) is 28.5 Å². The molecule has 0 fully saturated rings. The van der Waals surface area contributed by atoms with Crippen LogP contribution in [0.1, 0.15) is 26.7 Å². The van der Waals surface area contributed by atoms with Crippen LogP contribution in [-0.4, -0.2) is 10.9 Å². The van der Waals surface area contributed by atoms with Crippen molar-refractivity contribution in [1.82, 2.24) is 4.98 Å². The highest BCUT2D eigenvalue weighted by atomic mass is 32.1. The highest BCUT2D eigenvalue weighted by Crippen LogP contribution is 2.21. The van der Waals surface area contributed by atoms with Gasteiger partial charge in [0.1, 0.15) is 12.9 Å². The summed E-state index contributed by atoms with van der Waals surface area (Å²) in [7, 11) is 0. The highest BCUT2D eigenvalue weighted by molar-refractivity contribution is 7.15. The molecule has 0 radical (unpaired) electrons. The molecule has 25 heavy (non-hydrogen) atoms. The maximum absolute atomic E-state index is 12.2. The maximum atomic E-state index is 12.2. The van der Waals surface area contributed by atoms with Crippen molar-refractivity contribution in [2.45, 2.75) is 20.5 Å². The van der Waals surface area contributed by atoms with Crippen molar-refractivity contribution in [3.05, 3.63) is 74.8 Å². The Balaban J connectivity index is 1.68. The van der Waals surface area contributed by atoms with Crippen molar-refractivity contribution in [1.29, 1.82) is 0 Å². The first-order valence-electron chi connectivity index (χ1n) is 7.58. The summed E-state index contributed by atoms with van der Waals surface area (Å²) in [4.78, 5) is 29.5. The van der Waals surface area contributed by atoms with Gasteiger partial charge in [-0.3, -0.25) is 14.9 Å². The summed E-state index contributed by atoms with van der Waals surface area (Å²) >= 11 is 1.36. The fourth-order valence-electron chi connectivity index (χ4n) is 2.04. The molecule has 3 rings (SSSR count). The second-order valence-corrected chi connectivity index (χ2v) is 6.56. The predicted octanol–water partition coefficient (Wildman–Crippen LogP) is 3.54. The van der Waals surface area contributed by atoms with Crippen LogP contribution in [-0.2, 0) is 6.61 Å². The number of thiazole rings is 1. The van der Waals surface area contributed by atoms with Gasteiger partial charge in [0.2, 0.25) is 11.2 Å². The largest absolute Gasteiger partial charge is 0.482 e. The number of rotatable bonds is 5. The van der Waals surface area contributed by atoms with Gasteiger partial charge in [0, 0.05) is 10.9 Å². The first kappa shape index (κ1) is 16.9. The molecule has 0 unspecified atom stereocenters. The molecule has 0 aliphatic carbocycles. The van der Waals surface area contributed by atoms with Gasteiger partial charge in [0.25, 0.3) is 5.91 Å². The van der Waals surface area contributed by atoms with Crippen LogP contribution in [0, 0.1) is 13.8 Å². The molecule has 0 aliphatic heterocycles. The number of benzene rings is 1. The molecule has 2 aromatic heterocycles. The number of anilines is 1. The molecule has 1 N–H and O–H groups in total. The van der Waals surface area contributed by atoms with Gasteiger partial charge < -0.3 is 9.15 Å². The van der Waals surface area contributed by atoms with Crippen LogP contribution in [0.5, 0.6) is 5.75 Å². The number of carbonyl (C=O) groups is 1. The molecule has 128 valence electrons. The molecular weight excluding hydrogens is 340 g/mol. The van der Waals surface area contributed by atoms with Gasteiger partial charge in [-0.15, -0.1) is 11.3 Å². The number of aryl methyl sites for hydroxylation is 2. The van der Waals surface area contributed by atoms with Crippen LogP contribution >= 0.6 is 11.3 Å². The zero-order valence-corrected chi connectivity index (χ0v) is 14.6. The average molecular weight is 356 g/mol. The van der Waals surface area contributed by atoms with Gasteiger partial charge in [-0.1, -0.05) is 30.3 Å². The molecule has 0 aliphatic rings. The van der Waals surface area contributed by atoms with Crippen molar-refractivity contribution < 1.29 is 13.9 Å². The van der Waals surface area contributed by atoms with E-state index in [1.807, 2.05) is 44.2 Å². The normalized spacial score (nSPS) is 10.5. The van der Waals surface area contributed by atoms with E-state index >= 15 is 0 Å². The van der Waals surface area contributed by atoms with Crippen LogP contribution in [0.2, 0.25) is 0 Å². The number of ether oxygens (including phenoxy) is 1. The van der Waals surface area contributed by atoms with E-state index in [-0.39, 0.29) is 18.1 Å². The van der Waals surface area contributed by atoms with E-state index in [4.69, 9.17) is 9.15 Å². The third kappa shape index (κ3) is 4.13. The van der Waals surface area contributed by atoms with Gasteiger partial charge >= 0.3 is 0 Å². The van der Waals surface area contributed by atoms with Crippen molar-refractivity contribution in [2.24, 2.45) is 0 Å². The molecule has 1 aromatic carbocycles. The van der Waals surface area contributed by atoms with Crippen molar-refractivity contribution in [3.63, 3.8) is 0 Å². The molecule has 0 atom stereocenters. The van der Waals surface area contributed by atoms with Gasteiger partial charge in [-0.05, 0) is 19.4 Å². The Bertz CT molecular complexity index is 928. The summed E-state index contributed by atoms with van der Waals surface area (Å²) in [6.45, 7) is 4.02. The molecule has 2 heterocycles. The quantitative estimate of drug-likeness (QED) is 0.756. The van der Waals surface area contributed by atoms with Crippen LogP contribution in [0.25, 0.3) is 0 Å². The highest BCUT2D eigenvalue weighted by Gasteiger charge is 2.14. The van der Waals surface area contributed by atoms with Crippen molar-refractivity contribution in [2.75, 3.05) is 5.32 Å². The summed E-state index contributed by atoms with van der Waals surface area (Å²) in [6.07, 6.45) is 1.15. The molecule has 0 saturated heterocycles. The Morgan fingerprint density at radius 2 is 2.04 bits per heavy atom. The van der Waals surface area contributed by atoms with Gasteiger partial charge in [-0.2, -0.15) is 0 Å². The Morgan fingerprint density at radius 1 is 1.28 bits per heavy atom. The lowest BCUT2D eigenvalue weighted by Gasteiger charge is -2.06. The molecule has 1 amide bonds. The van der Waals surface area contributed by atoms with Gasteiger partial charge in [0.15, 0.2) is 10.9 Å². The van der Waals surface area contributed by atoms with Crippen LogP contribution in [0.3, 0.4) is 0 Å². The van der Waals surface area contributed by atoms with E-state index in [1.54, 1.807) is 0 Å². The first-order valence-corrected chi connectivity index (χ1v) is 8.39. The smallest absolute Gasteiger partial charge is 0.293 e. The average Bonchev–Trinajstić information content (AvgIpc) is 2.92. The lowest BCUT2D eigenvalue weighted by Crippen LogP contribution is -2.15. The number of nitrogens with zero attached hydrogens (tertiary/aromatic N) is 1. The predicted molar refractivity (Wildman–Crippen MR) is 95.3 cm³/mol. The zero-order chi connectivity index (χ0) is 17.8. The van der Waals surface area contributed by atoms with E-state index in [1.165, 1.54) is 11.3 Å². The summed E-state index contributed by atoms with van der Waals surface area (Å²) in [6, 6.07) is 10.6. The minimum atomic E-state index is -0.527. The Kier molecular flexibility index (Phi) is 4.95. The second-order valence-electron chi connectivity index (χ2n) is 5.36. The number of nitrogens with one attached hydrogen (secondary N) is 1. The summed E-state index contributed by atoms with van der Waals surface area (Å²) < 4.78 is 10.7. The lowest BCUT2D eigenvalue weighted by atomic mass is 10.2. The monoisotopic (exact) mass is 356 g/mol. The maximum Gasteiger partial charge on any atom is 0.293 e. The zero-order valence-electron chi connectivity index (χ0n) is 13.7. The number of aromatic nitrogens is 1.